The number of amides is 2. The van der Waals surface area contributed by atoms with Crippen molar-refractivity contribution in [1.82, 2.24) is 19.8 Å². The number of aryl methyl sites for hydroxylation is 1. The maximum absolute atomic E-state index is 13.9. The Kier molecular flexibility index (Phi) is 4.63. The van der Waals surface area contributed by atoms with Gasteiger partial charge in [-0.25, -0.2) is 4.98 Å². The van der Waals surface area contributed by atoms with Crippen molar-refractivity contribution in [2.24, 2.45) is 30.2 Å². The zero-order valence-corrected chi connectivity index (χ0v) is 19.2. The van der Waals surface area contributed by atoms with Gasteiger partial charge in [0.15, 0.2) is 0 Å². The Morgan fingerprint density at radius 1 is 1.09 bits per heavy atom. The fraction of sp³-hybridized carbons (Fsp3) is 0.654. The van der Waals surface area contributed by atoms with E-state index in [9.17, 15) is 9.59 Å². The molecule has 7 rings (SSSR count). The Morgan fingerprint density at radius 3 is 2.41 bits per heavy atom. The van der Waals surface area contributed by atoms with Crippen molar-refractivity contribution in [3.63, 3.8) is 0 Å². The van der Waals surface area contributed by atoms with E-state index in [4.69, 9.17) is 4.98 Å². The molecule has 2 aromatic rings. The van der Waals surface area contributed by atoms with Crippen LogP contribution in [0.3, 0.4) is 0 Å². The van der Waals surface area contributed by atoms with Crippen molar-refractivity contribution in [2.45, 2.75) is 70.4 Å². The second-order valence-electron chi connectivity index (χ2n) is 11.1. The topological polar surface area (TPSA) is 67.2 Å². The summed E-state index contributed by atoms with van der Waals surface area (Å²) in [6, 6.07) is 7.47. The predicted octanol–water partition coefficient (Wildman–Crippen LogP) is 3.96. The van der Waals surface area contributed by atoms with E-state index in [1.54, 1.807) is 0 Å². The van der Waals surface area contributed by atoms with E-state index in [0.29, 0.717) is 0 Å². The van der Waals surface area contributed by atoms with Crippen LogP contribution in [0.4, 0.5) is 0 Å². The normalized spacial score (nSPS) is 34.2. The molecule has 4 aliphatic carbocycles. The minimum Gasteiger partial charge on any atom is -0.345 e. The molecule has 6 nitrogen and oxygen atoms in total. The van der Waals surface area contributed by atoms with Gasteiger partial charge in [0, 0.05) is 13.6 Å². The Labute approximate surface area is 189 Å². The van der Waals surface area contributed by atoms with Crippen LogP contribution in [0.25, 0.3) is 11.0 Å². The summed E-state index contributed by atoms with van der Waals surface area (Å²) in [5.41, 5.74) is 1.81. The van der Waals surface area contributed by atoms with Gasteiger partial charge in [0.2, 0.25) is 11.8 Å². The van der Waals surface area contributed by atoms with Crippen molar-refractivity contribution >= 4 is 22.8 Å². The Bertz CT molecular complexity index is 1040. The standard InChI is InChI=1S/C26H34N4O2/c1-16(23-28-20-6-3-4-7-21(20)29(23)2)27-24(31)22-8-5-9-30(22)25(32)26-13-17-10-18(14-26)12-19(11-17)15-26/h3-4,6-7,16-19,22H,5,8-15H2,1-2H3,(H,27,31)/t16-,17?,18?,19?,22+,26?/m0/s1. The summed E-state index contributed by atoms with van der Waals surface area (Å²) in [7, 11) is 1.99. The molecule has 1 saturated heterocycles. The molecule has 0 unspecified atom stereocenters. The molecule has 170 valence electrons. The molecule has 6 heteroatoms. The first-order valence-electron chi connectivity index (χ1n) is 12.5. The summed E-state index contributed by atoms with van der Waals surface area (Å²) in [4.78, 5) is 33.9. The number of nitrogens with one attached hydrogen (secondary N) is 1. The number of hydrogen-bond acceptors (Lipinski definition) is 3. The Hall–Kier alpha value is -2.37. The van der Waals surface area contributed by atoms with Gasteiger partial charge < -0.3 is 14.8 Å². The van der Waals surface area contributed by atoms with Crippen LogP contribution in [0.1, 0.15) is 70.2 Å². The number of imidazole rings is 1. The molecule has 1 aliphatic heterocycles. The molecule has 0 spiro atoms. The van der Waals surface area contributed by atoms with Crippen LogP contribution in [-0.4, -0.2) is 38.9 Å². The van der Waals surface area contributed by atoms with E-state index in [-0.39, 0.29) is 29.3 Å². The summed E-state index contributed by atoms with van der Waals surface area (Å²) in [6.45, 7) is 2.71. The van der Waals surface area contributed by atoms with E-state index >= 15 is 0 Å². The van der Waals surface area contributed by atoms with Crippen molar-refractivity contribution in [3.8, 4) is 0 Å². The minimum absolute atomic E-state index is 0.0277. The van der Waals surface area contributed by atoms with Crippen LogP contribution in [0.5, 0.6) is 0 Å². The van der Waals surface area contributed by atoms with Crippen molar-refractivity contribution < 1.29 is 9.59 Å². The van der Waals surface area contributed by atoms with Gasteiger partial charge in [-0.3, -0.25) is 9.59 Å². The van der Waals surface area contributed by atoms with Gasteiger partial charge in [0.1, 0.15) is 11.9 Å². The molecule has 4 saturated carbocycles. The summed E-state index contributed by atoms with van der Waals surface area (Å²) < 4.78 is 2.05. The van der Waals surface area contributed by atoms with Crippen molar-refractivity contribution in [2.75, 3.05) is 6.54 Å². The summed E-state index contributed by atoms with van der Waals surface area (Å²) in [6.07, 6.45) is 8.82. The van der Waals surface area contributed by atoms with E-state index in [1.165, 1.54) is 19.3 Å². The molecule has 1 aromatic carbocycles. The van der Waals surface area contributed by atoms with E-state index in [2.05, 4.69) is 5.32 Å². The third-order valence-electron chi connectivity index (χ3n) is 8.88. The molecule has 2 amide bonds. The minimum atomic E-state index is -0.340. The predicted molar refractivity (Wildman–Crippen MR) is 123 cm³/mol. The van der Waals surface area contributed by atoms with Crippen molar-refractivity contribution in [1.29, 1.82) is 0 Å². The van der Waals surface area contributed by atoms with Gasteiger partial charge in [0.05, 0.1) is 22.5 Å². The lowest BCUT2D eigenvalue weighted by Gasteiger charge is -2.56. The number of hydrogen-bond donors (Lipinski definition) is 1. The SMILES string of the molecule is C[C@H](NC(=O)[C@H]1CCCN1C(=O)C12CC3CC(CC(C3)C1)C2)c1nc2ccccc2n1C. The lowest BCUT2D eigenvalue weighted by atomic mass is 9.49. The lowest BCUT2D eigenvalue weighted by Crippen LogP contribution is -2.57. The maximum atomic E-state index is 13.9. The molecule has 5 fully saturated rings. The molecular weight excluding hydrogens is 400 g/mol. The first-order valence-corrected chi connectivity index (χ1v) is 12.5. The number of carbonyl (C=O) groups is 2. The highest BCUT2D eigenvalue weighted by molar-refractivity contribution is 5.91. The van der Waals surface area contributed by atoms with Gasteiger partial charge >= 0.3 is 0 Å². The largest absolute Gasteiger partial charge is 0.345 e. The molecule has 2 heterocycles. The highest BCUT2D eigenvalue weighted by Crippen LogP contribution is 2.60. The summed E-state index contributed by atoms with van der Waals surface area (Å²) >= 11 is 0. The number of para-hydroxylation sites is 2. The quantitative estimate of drug-likeness (QED) is 0.792. The molecule has 4 bridgehead atoms. The van der Waals surface area contributed by atoms with Gasteiger partial charge in [-0.15, -0.1) is 0 Å². The summed E-state index contributed by atoms with van der Waals surface area (Å²) in [5.74, 6) is 3.30. The van der Waals surface area contributed by atoms with E-state index in [0.717, 1.165) is 73.3 Å². The second kappa shape index (κ2) is 7.32. The number of likely N-dealkylation sites (tertiary alicyclic amines) is 1. The van der Waals surface area contributed by atoms with Crippen LogP contribution in [0.15, 0.2) is 24.3 Å². The highest BCUT2D eigenvalue weighted by atomic mass is 16.2. The number of carbonyl (C=O) groups excluding carboxylic acids is 2. The fourth-order valence-corrected chi connectivity index (χ4v) is 7.89. The molecular formula is C26H34N4O2. The first kappa shape index (κ1) is 20.3. The maximum Gasteiger partial charge on any atom is 0.243 e. The summed E-state index contributed by atoms with van der Waals surface area (Å²) in [5, 5.41) is 3.18. The zero-order chi connectivity index (χ0) is 22.0. The number of benzene rings is 1. The third kappa shape index (κ3) is 3.09. The average Bonchev–Trinajstić information content (AvgIpc) is 3.38. The van der Waals surface area contributed by atoms with Crippen LogP contribution < -0.4 is 5.32 Å². The average molecular weight is 435 g/mol. The van der Waals surface area contributed by atoms with Gasteiger partial charge in [-0.05, 0) is 88.2 Å². The van der Waals surface area contributed by atoms with E-state index < -0.39 is 0 Å². The van der Waals surface area contributed by atoms with Crippen LogP contribution in [0.2, 0.25) is 0 Å². The number of fused-ring (bicyclic) bond motifs is 1. The van der Waals surface area contributed by atoms with Crippen molar-refractivity contribution in [3.05, 3.63) is 30.1 Å². The monoisotopic (exact) mass is 434 g/mol. The Balaban J connectivity index is 1.19. The molecule has 0 radical (unpaired) electrons. The lowest BCUT2D eigenvalue weighted by molar-refractivity contribution is -0.160. The van der Waals surface area contributed by atoms with Crippen LogP contribution >= 0.6 is 0 Å². The molecule has 1 aromatic heterocycles. The number of rotatable bonds is 4. The molecule has 5 aliphatic rings. The number of nitrogens with zero attached hydrogens (tertiary/aromatic N) is 3. The molecule has 32 heavy (non-hydrogen) atoms. The first-order chi connectivity index (χ1) is 15.4. The van der Waals surface area contributed by atoms with Crippen LogP contribution in [-0.2, 0) is 16.6 Å². The number of aromatic nitrogens is 2. The fourth-order valence-electron chi connectivity index (χ4n) is 7.89. The smallest absolute Gasteiger partial charge is 0.243 e. The Morgan fingerprint density at radius 2 is 1.75 bits per heavy atom. The highest BCUT2D eigenvalue weighted by Gasteiger charge is 2.56. The van der Waals surface area contributed by atoms with Gasteiger partial charge in [-0.1, -0.05) is 12.1 Å². The molecule has 2 atom stereocenters. The van der Waals surface area contributed by atoms with Gasteiger partial charge in [0.25, 0.3) is 0 Å². The third-order valence-corrected chi connectivity index (χ3v) is 8.88. The second-order valence-corrected chi connectivity index (χ2v) is 11.1. The molecule has 1 N–H and O–H groups in total. The van der Waals surface area contributed by atoms with E-state index in [1.807, 2.05) is 47.7 Å². The van der Waals surface area contributed by atoms with Crippen LogP contribution in [0, 0.1) is 23.2 Å². The zero-order valence-electron chi connectivity index (χ0n) is 19.2. The van der Waals surface area contributed by atoms with Gasteiger partial charge in [-0.2, -0.15) is 0 Å².